The third kappa shape index (κ3) is 4.90. The number of ether oxygens (including phenoxy) is 1. The zero-order chi connectivity index (χ0) is 25.7. The average Bonchev–Trinajstić information content (AvgIpc) is 3.20. The summed E-state index contributed by atoms with van der Waals surface area (Å²) in [5, 5.41) is 10.8. The van der Waals surface area contributed by atoms with E-state index in [4.69, 9.17) is 9.26 Å². The molecule has 0 bridgehead atoms. The Kier molecular flexibility index (Phi) is 6.40. The number of halogens is 3. The molecule has 12 heteroatoms. The zero-order valence-electron chi connectivity index (χ0n) is 20.8. The van der Waals surface area contributed by atoms with Crippen molar-refractivity contribution >= 4 is 6.03 Å². The molecule has 2 aromatic rings. The van der Waals surface area contributed by atoms with Crippen molar-refractivity contribution in [3.05, 3.63) is 24.1 Å². The first-order valence-corrected chi connectivity index (χ1v) is 12.7. The van der Waals surface area contributed by atoms with Gasteiger partial charge in [0, 0.05) is 31.0 Å². The summed E-state index contributed by atoms with van der Waals surface area (Å²) < 4.78 is 56.1. The van der Waals surface area contributed by atoms with Crippen molar-refractivity contribution in [2.24, 2.45) is 0 Å². The van der Waals surface area contributed by atoms with E-state index in [-0.39, 0.29) is 18.4 Å². The Labute approximate surface area is 207 Å². The fraction of sp³-hybridized carbons (Fsp3) is 0.750. The molecule has 2 aromatic heterocycles. The van der Waals surface area contributed by atoms with Gasteiger partial charge in [0.05, 0.1) is 18.3 Å². The predicted molar refractivity (Wildman–Crippen MR) is 123 cm³/mol. The molecule has 0 aromatic carbocycles. The topological polar surface area (TPSA) is 98.3 Å². The number of nitrogens with one attached hydrogen (secondary N) is 1. The lowest BCUT2D eigenvalue weighted by atomic mass is 9.79. The van der Waals surface area contributed by atoms with Gasteiger partial charge in [0.15, 0.2) is 11.6 Å². The van der Waals surface area contributed by atoms with E-state index in [2.05, 4.69) is 20.6 Å². The lowest BCUT2D eigenvalue weighted by Crippen LogP contribution is -2.61. The van der Waals surface area contributed by atoms with Crippen LogP contribution in [0, 0.1) is 0 Å². The quantitative estimate of drug-likeness (QED) is 0.620. The number of urea groups is 1. The number of aromatic nitrogens is 4. The van der Waals surface area contributed by atoms with E-state index in [1.54, 1.807) is 15.8 Å². The zero-order valence-corrected chi connectivity index (χ0v) is 20.8. The van der Waals surface area contributed by atoms with Crippen LogP contribution in [-0.4, -0.2) is 68.2 Å². The van der Waals surface area contributed by atoms with E-state index >= 15 is 0 Å². The molecule has 3 aliphatic rings. The first-order valence-electron chi connectivity index (χ1n) is 12.7. The highest BCUT2D eigenvalue weighted by Crippen LogP contribution is 2.44. The van der Waals surface area contributed by atoms with E-state index in [1.165, 1.54) is 6.20 Å². The van der Waals surface area contributed by atoms with Crippen LogP contribution in [-0.2, 0) is 5.41 Å². The minimum Gasteiger partial charge on any atom is -0.485 e. The molecule has 0 radical (unpaired) electrons. The maximum absolute atomic E-state index is 14.9. The van der Waals surface area contributed by atoms with Crippen LogP contribution < -0.4 is 10.1 Å². The SMILES string of the molecule is CC(C)n1cc(O[C@H]2CCCC(F)(F)[C@@H]2NC(=O)N2CCC(C)(c3noc([C@@H]4C[C@@H]4F)n3)CC2)cn1. The molecule has 3 heterocycles. The first-order chi connectivity index (χ1) is 17.1. The summed E-state index contributed by atoms with van der Waals surface area (Å²) in [5.74, 6) is -2.17. The predicted octanol–water partition coefficient (Wildman–Crippen LogP) is 4.37. The van der Waals surface area contributed by atoms with Crippen molar-refractivity contribution in [3.8, 4) is 5.75 Å². The Morgan fingerprint density at radius 2 is 2.00 bits per heavy atom. The molecule has 2 amide bonds. The van der Waals surface area contributed by atoms with E-state index < -0.39 is 35.7 Å². The number of nitrogens with zero attached hydrogens (tertiary/aromatic N) is 5. The molecule has 4 atom stereocenters. The Bertz CT molecular complexity index is 1080. The lowest BCUT2D eigenvalue weighted by molar-refractivity contribution is -0.0986. The summed E-state index contributed by atoms with van der Waals surface area (Å²) in [6.07, 6.45) is 3.31. The van der Waals surface area contributed by atoms with E-state index in [0.717, 1.165) is 0 Å². The van der Waals surface area contributed by atoms with E-state index in [0.29, 0.717) is 62.7 Å². The van der Waals surface area contributed by atoms with Gasteiger partial charge < -0.3 is 19.5 Å². The number of hydrogen-bond donors (Lipinski definition) is 1. The second kappa shape index (κ2) is 9.26. The number of carbonyl (C=O) groups is 1. The number of alkyl halides is 3. The second-order valence-corrected chi connectivity index (χ2v) is 10.8. The van der Waals surface area contributed by atoms with Crippen LogP contribution in [0.4, 0.5) is 18.0 Å². The van der Waals surface area contributed by atoms with Gasteiger partial charge in [0.25, 0.3) is 5.92 Å². The summed E-state index contributed by atoms with van der Waals surface area (Å²) in [7, 11) is 0. The van der Waals surface area contributed by atoms with Gasteiger partial charge in [0.2, 0.25) is 5.89 Å². The van der Waals surface area contributed by atoms with Crippen molar-refractivity contribution in [1.29, 1.82) is 0 Å². The molecule has 3 fully saturated rings. The normalized spacial score (nSPS) is 29.2. The molecular weight excluding hydrogens is 477 g/mol. The molecule has 5 rings (SSSR count). The van der Waals surface area contributed by atoms with Crippen LogP contribution in [0.2, 0.25) is 0 Å². The Hall–Kier alpha value is -2.79. The van der Waals surface area contributed by atoms with Gasteiger partial charge in [-0.1, -0.05) is 12.1 Å². The lowest BCUT2D eigenvalue weighted by Gasteiger charge is -2.41. The third-order valence-electron chi connectivity index (χ3n) is 7.66. The van der Waals surface area contributed by atoms with Crippen LogP contribution in [0.1, 0.15) is 83.0 Å². The fourth-order valence-corrected chi connectivity index (χ4v) is 5.00. The van der Waals surface area contributed by atoms with Crippen molar-refractivity contribution < 1.29 is 27.2 Å². The van der Waals surface area contributed by atoms with Crippen molar-refractivity contribution in [2.75, 3.05) is 13.1 Å². The van der Waals surface area contributed by atoms with Crippen molar-refractivity contribution in [3.63, 3.8) is 0 Å². The van der Waals surface area contributed by atoms with Gasteiger partial charge in [0.1, 0.15) is 18.3 Å². The first kappa shape index (κ1) is 24.9. The molecule has 36 heavy (non-hydrogen) atoms. The van der Waals surface area contributed by atoms with Crippen LogP contribution in [0.3, 0.4) is 0 Å². The van der Waals surface area contributed by atoms with Gasteiger partial charge in [-0.15, -0.1) is 0 Å². The number of rotatable bonds is 6. The molecule has 1 N–H and O–H groups in total. The maximum Gasteiger partial charge on any atom is 0.317 e. The highest BCUT2D eigenvalue weighted by Gasteiger charge is 2.50. The molecule has 0 unspecified atom stereocenters. The van der Waals surface area contributed by atoms with E-state index in [1.807, 2.05) is 20.8 Å². The molecular formula is C24H33F3N6O3. The molecule has 1 saturated heterocycles. The number of hydrogen-bond acceptors (Lipinski definition) is 6. The van der Waals surface area contributed by atoms with Gasteiger partial charge in [-0.2, -0.15) is 10.1 Å². The molecule has 9 nitrogen and oxygen atoms in total. The Morgan fingerprint density at radius 3 is 2.64 bits per heavy atom. The van der Waals surface area contributed by atoms with Gasteiger partial charge in [-0.05, 0) is 46.0 Å². The number of piperidine rings is 1. The van der Waals surface area contributed by atoms with Crippen LogP contribution in [0.15, 0.2) is 16.9 Å². The number of amides is 2. The number of likely N-dealkylation sites (tertiary alicyclic amines) is 1. The highest BCUT2D eigenvalue weighted by atomic mass is 19.3. The molecule has 2 aliphatic carbocycles. The van der Waals surface area contributed by atoms with E-state index in [9.17, 15) is 18.0 Å². The molecule has 198 valence electrons. The smallest absolute Gasteiger partial charge is 0.317 e. The summed E-state index contributed by atoms with van der Waals surface area (Å²) in [5.41, 5.74) is -0.434. The monoisotopic (exact) mass is 510 g/mol. The average molecular weight is 511 g/mol. The highest BCUT2D eigenvalue weighted by molar-refractivity contribution is 5.75. The number of carbonyl (C=O) groups excluding carboxylic acids is 1. The van der Waals surface area contributed by atoms with Crippen LogP contribution >= 0.6 is 0 Å². The minimum atomic E-state index is -3.09. The van der Waals surface area contributed by atoms with Crippen molar-refractivity contribution in [1.82, 2.24) is 30.1 Å². The van der Waals surface area contributed by atoms with Crippen molar-refractivity contribution in [2.45, 2.75) is 101 Å². The largest absolute Gasteiger partial charge is 0.485 e. The Morgan fingerprint density at radius 1 is 1.28 bits per heavy atom. The molecule has 0 spiro atoms. The van der Waals surface area contributed by atoms with Crippen LogP contribution in [0.25, 0.3) is 0 Å². The molecule has 2 saturated carbocycles. The maximum atomic E-state index is 14.9. The Balaban J connectivity index is 1.21. The minimum absolute atomic E-state index is 0.115. The molecule has 1 aliphatic heterocycles. The summed E-state index contributed by atoms with van der Waals surface area (Å²) in [4.78, 5) is 19.0. The second-order valence-electron chi connectivity index (χ2n) is 10.8. The standard InChI is InChI=1S/C24H33F3N6O3/c1-14(2)33-13-15(12-28-33)35-18-5-4-6-24(26,27)19(18)29-22(34)32-9-7-23(3,8-10-32)21-30-20(36-31-21)16-11-17(16)25/h12-14,16-19H,4-11H2,1-3H3,(H,29,34)/t16-,17+,18+,19-/m1/s1. The summed E-state index contributed by atoms with van der Waals surface area (Å²) >= 11 is 0. The van der Waals surface area contributed by atoms with Crippen LogP contribution in [0.5, 0.6) is 5.75 Å². The van der Waals surface area contributed by atoms with Gasteiger partial charge in [-0.3, -0.25) is 4.68 Å². The van der Waals surface area contributed by atoms with Gasteiger partial charge in [-0.25, -0.2) is 18.0 Å². The third-order valence-corrected chi connectivity index (χ3v) is 7.66. The fourth-order valence-electron chi connectivity index (χ4n) is 5.00. The summed E-state index contributed by atoms with van der Waals surface area (Å²) in [6, 6.07) is -1.87. The van der Waals surface area contributed by atoms with Gasteiger partial charge >= 0.3 is 6.03 Å². The summed E-state index contributed by atoms with van der Waals surface area (Å²) in [6.45, 7) is 6.61.